The summed E-state index contributed by atoms with van der Waals surface area (Å²) in [5.74, 6) is 0.123. The summed E-state index contributed by atoms with van der Waals surface area (Å²) in [5.41, 5.74) is 0.540. The van der Waals surface area contributed by atoms with Crippen LogP contribution in [0.4, 0.5) is 0 Å². The zero-order chi connectivity index (χ0) is 9.26. The van der Waals surface area contributed by atoms with Crippen molar-refractivity contribution >= 4 is 18.4 Å². The minimum atomic E-state index is -1.87. The lowest BCUT2D eigenvalue weighted by Crippen LogP contribution is -2.20. The van der Waals surface area contributed by atoms with Crippen LogP contribution in [0.15, 0.2) is 18.3 Å². The molecule has 0 saturated carbocycles. The van der Waals surface area contributed by atoms with Gasteiger partial charge < -0.3 is 14.7 Å². The summed E-state index contributed by atoms with van der Waals surface area (Å²) >= 11 is 0. The number of fused-ring (bicyclic) bond motifs is 1. The van der Waals surface area contributed by atoms with E-state index < -0.39 is 7.32 Å². The quantitative estimate of drug-likeness (QED) is 0.530. The first-order valence-corrected chi connectivity index (χ1v) is 3.59. The highest BCUT2D eigenvalue weighted by Gasteiger charge is 2.15. The van der Waals surface area contributed by atoms with Crippen LogP contribution in [0.5, 0.6) is 5.88 Å². The molecular formula is C6H6BN3O3. The van der Waals surface area contributed by atoms with Crippen molar-refractivity contribution in [3.05, 3.63) is 18.3 Å². The standard InChI is InChI=1S/C6H6BN3O3/c11-7(12)13-6-4-2-1-3-8-5(4)9-10-6/h1-3,11-12H,(H,8,9,10). The summed E-state index contributed by atoms with van der Waals surface area (Å²) in [5, 5.41) is 24.0. The van der Waals surface area contributed by atoms with Crippen molar-refractivity contribution in [3.8, 4) is 5.88 Å². The van der Waals surface area contributed by atoms with Gasteiger partial charge >= 0.3 is 7.32 Å². The van der Waals surface area contributed by atoms with E-state index in [4.69, 9.17) is 10.0 Å². The van der Waals surface area contributed by atoms with Crippen LogP contribution in [0.2, 0.25) is 0 Å². The second kappa shape index (κ2) is 3.04. The number of nitrogens with zero attached hydrogens (tertiary/aromatic N) is 2. The highest BCUT2D eigenvalue weighted by atomic mass is 16.6. The maximum atomic E-state index is 8.54. The number of aromatic nitrogens is 3. The van der Waals surface area contributed by atoms with Gasteiger partial charge in [0.2, 0.25) is 5.88 Å². The molecule has 0 amide bonds. The molecule has 2 aromatic rings. The molecule has 0 aromatic carbocycles. The Bertz CT molecular complexity index is 416. The highest BCUT2D eigenvalue weighted by Crippen LogP contribution is 2.19. The van der Waals surface area contributed by atoms with E-state index in [1.807, 2.05) is 0 Å². The zero-order valence-electron chi connectivity index (χ0n) is 6.51. The van der Waals surface area contributed by atoms with Gasteiger partial charge in [-0.25, -0.2) is 4.98 Å². The number of pyridine rings is 1. The number of hydrogen-bond donors (Lipinski definition) is 3. The second-order valence-electron chi connectivity index (χ2n) is 2.37. The van der Waals surface area contributed by atoms with Crippen LogP contribution < -0.4 is 4.65 Å². The van der Waals surface area contributed by atoms with E-state index in [0.29, 0.717) is 11.0 Å². The third-order valence-corrected chi connectivity index (χ3v) is 1.52. The summed E-state index contributed by atoms with van der Waals surface area (Å²) in [7, 11) is -1.87. The van der Waals surface area contributed by atoms with E-state index in [9.17, 15) is 0 Å². The lowest BCUT2D eigenvalue weighted by Gasteiger charge is -1.98. The number of nitrogens with one attached hydrogen (secondary N) is 1. The fraction of sp³-hybridized carbons (Fsp3) is 0. The highest BCUT2D eigenvalue weighted by molar-refractivity contribution is 6.34. The van der Waals surface area contributed by atoms with Crippen LogP contribution >= 0.6 is 0 Å². The fourth-order valence-corrected chi connectivity index (χ4v) is 1.02. The van der Waals surface area contributed by atoms with Gasteiger partial charge in [-0.2, -0.15) is 0 Å². The van der Waals surface area contributed by atoms with Gasteiger partial charge in [-0.3, -0.25) is 5.10 Å². The number of H-pyrrole nitrogens is 1. The van der Waals surface area contributed by atoms with E-state index in [-0.39, 0.29) is 5.88 Å². The van der Waals surface area contributed by atoms with Crippen LogP contribution in [-0.4, -0.2) is 32.6 Å². The maximum absolute atomic E-state index is 8.54. The van der Waals surface area contributed by atoms with Crippen LogP contribution in [0.25, 0.3) is 11.0 Å². The Kier molecular flexibility index (Phi) is 1.88. The SMILES string of the molecule is OB(O)Oc1n[nH]c2ncccc12. The topological polar surface area (TPSA) is 91.3 Å². The molecular weight excluding hydrogens is 173 g/mol. The minimum Gasteiger partial charge on any atom is -0.496 e. The predicted molar refractivity (Wildman–Crippen MR) is 44.7 cm³/mol. The molecule has 0 bridgehead atoms. The van der Waals surface area contributed by atoms with E-state index in [1.165, 1.54) is 0 Å². The molecule has 6 nitrogen and oxygen atoms in total. The van der Waals surface area contributed by atoms with E-state index in [1.54, 1.807) is 18.3 Å². The van der Waals surface area contributed by atoms with Gasteiger partial charge in [0.25, 0.3) is 0 Å². The van der Waals surface area contributed by atoms with Gasteiger partial charge in [0.15, 0.2) is 5.65 Å². The summed E-state index contributed by atoms with van der Waals surface area (Å²) in [6.45, 7) is 0. The third kappa shape index (κ3) is 1.46. The fourth-order valence-electron chi connectivity index (χ4n) is 1.02. The molecule has 2 rings (SSSR count). The van der Waals surface area contributed by atoms with Crippen molar-refractivity contribution in [1.82, 2.24) is 15.2 Å². The first-order valence-electron chi connectivity index (χ1n) is 3.59. The summed E-state index contributed by atoms with van der Waals surface area (Å²) in [4.78, 5) is 3.95. The number of aromatic amines is 1. The molecule has 2 aromatic heterocycles. The molecule has 66 valence electrons. The van der Waals surface area contributed by atoms with Gasteiger partial charge in [0.05, 0.1) is 5.39 Å². The molecule has 13 heavy (non-hydrogen) atoms. The zero-order valence-corrected chi connectivity index (χ0v) is 6.51. The Morgan fingerprint density at radius 2 is 2.31 bits per heavy atom. The van der Waals surface area contributed by atoms with Gasteiger partial charge in [0.1, 0.15) is 0 Å². The van der Waals surface area contributed by atoms with Crippen molar-refractivity contribution < 1.29 is 14.7 Å². The molecule has 0 saturated heterocycles. The molecule has 0 aliphatic carbocycles. The van der Waals surface area contributed by atoms with Gasteiger partial charge in [0, 0.05) is 6.20 Å². The van der Waals surface area contributed by atoms with Crippen molar-refractivity contribution in [2.24, 2.45) is 0 Å². The van der Waals surface area contributed by atoms with Crippen molar-refractivity contribution in [1.29, 1.82) is 0 Å². The average Bonchev–Trinajstić information content (AvgIpc) is 2.48. The Labute approximate surface area is 73.4 Å². The normalized spacial score (nSPS) is 10.3. The van der Waals surface area contributed by atoms with E-state index >= 15 is 0 Å². The average molecular weight is 179 g/mol. The smallest absolute Gasteiger partial charge is 0.496 e. The molecule has 0 aliphatic heterocycles. The Hall–Kier alpha value is -1.60. The van der Waals surface area contributed by atoms with Crippen molar-refractivity contribution in [2.75, 3.05) is 0 Å². The number of rotatable bonds is 2. The van der Waals surface area contributed by atoms with E-state index in [2.05, 4.69) is 19.8 Å². The third-order valence-electron chi connectivity index (χ3n) is 1.52. The molecule has 0 unspecified atom stereocenters. The van der Waals surface area contributed by atoms with Crippen molar-refractivity contribution in [2.45, 2.75) is 0 Å². The van der Waals surface area contributed by atoms with Crippen LogP contribution in [0.3, 0.4) is 0 Å². The summed E-state index contributed by atoms with van der Waals surface area (Å²) in [6, 6.07) is 3.41. The Balaban J connectivity index is 2.46. The van der Waals surface area contributed by atoms with Crippen LogP contribution in [0.1, 0.15) is 0 Å². The second-order valence-corrected chi connectivity index (χ2v) is 2.37. The largest absolute Gasteiger partial charge is 0.708 e. The summed E-state index contributed by atoms with van der Waals surface area (Å²) < 4.78 is 4.60. The van der Waals surface area contributed by atoms with Gasteiger partial charge in [-0.15, -0.1) is 5.10 Å². The lowest BCUT2D eigenvalue weighted by molar-refractivity contribution is 0.284. The molecule has 0 radical (unpaired) electrons. The maximum Gasteiger partial charge on any atom is 0.708 e. The van der Waals surface area contributed by atoms with Crippen molar-refractivity contribution in [3.63, 3.8) is 0 Å². The molecule has 7 heteroatoms. The minimum absolute atomic E-state index is 0.123. The molecule has 0 aliphatic rings. The molecule has 0 atom stereocenters. The van der Waals surface area contributed by atoms with Gasteiger partial charge in [-0.1, -0.05) is 0 Å². The van der Waals surface area contributed by atoms with Gasteiger partial charge in [-0.05, 0) is 12.1 Å². The summed E-state index contributed by atoms with van der Waals surface area (Å²) in [6.07, 6.45) is 1.60. The molecule has 0 spiro atoms. The molecule has 2 heterocycles. The Morgan fingerprint density at radius 3 is 3.08 bits per heavy atom. The van der Waals surface area contributed by atoms with Crippen LogP contribution in [-0.2, 0) is 0 Å². The van der Waals surface area contributed by atoms with E-state index in [0.717, 1.165) is 0 Å². The molecule has 0 fully saturated rings. The first-order chi connectivity index (χ1) is 6.27. The molecule has 3 N–H and O–H groups in total. The first kappa shape index (κ1) is 8.02. The lowest BCUT2D eigenvalue weighted by atomic mass is 10.2. The van der Waals surface area contributed by atoms with Crippen LogP contribution in [0, 0.1) is 0 Å². The number of hydrogen-bond acceptors (Lipinski definition) is 5. The Morgan fingerprint density at radius 1 is 1.46 bits per heavy atom. The monoisotopic (exact) mass is 179 g/mol. The predicted octanol–water partition coefficient (Wildman–Crippen LogP) is -0.694.